The normalized spacial score (nSPS) is 10.7. The largest absolute Gasteiger partial charge is 0.497 e. The van der Waals surface area contributed by atoms with Gasteiger partial charge in [-0.2, -0.15) is 5.10 Å². The number of aromatic nitrogens is 2. The van der Waals surface area contributed by atoms with E-state index in [0.29, 0.717) is 40.1 Å². The molecule has 4 rings (SSSR count). The van der Waals surface area contributed by atoms with Crippen LogP contribution < -0.4 is 10.1 Å². The van der Waals surface area contributed by atoms with Gasteiger partial charge in [-0.15, -0.1) is 0 Å². The monoisotopic (exact) mass is 465 g/mol. The Kier molecular flexibility index (Phi) is 6.78. The first-order valence-electron chi connectivity index (χ1n) is 10.1. The minimum absolute atomic E-state index is 0.116. The summed E-state index contributed by atoms with van der Waals surface area (Å²) in [5, 5.41) is 8.66. The molecule has 7 heteroatoms. The molecule has 32 heavy (non-hydrogen) atoms. The molecule has 0 bridgehead atoms. The maximum Gasteiger partial charge on any atom is 0.225 e. The third-order valence-electron chi connectivity index (χ3n) is 4.98. The first-order chi connectivity index (χ1) is 15.5. The van der Waals surface area contributed by atoms with E-state index in [0.717, 1.165) is 16.9 Å². The van der Waals surface area contributed by atoms with Gasteiger partial charge in [-0.05, 0) is 54.4 Å². The van der Waals surface area contributed by atoms with Gasteiger partial charge in [0.2, 0.25) is 5.91 Å². The second-order valence-corrected chi connectivity index (χ2v) is 8.03. The molecule has 0 saturated heterocycles. The molecule has 0 aliphatic rings. The van der Waals surface area contributed by atoms with Gasteiger partial charge in [0.25, 0.3) is 0 Å². The Morgan fingerprint density at radius 1 is 1.00 bits per heavy atom. The zero-order valence-electron chi connectivity index (χ0n) is 17.4. The van der Waals surface area contributed by atoms with E-state index in [2.05, 4.69) is 5.32 Å². The highest BCUT2D eigenvalue weighted by Gasteiger charge is 2.16. The fraction of sp³-hybridized carbons (Fsp3) is 0.120. The van der Waals surface area contributed by atoms with Gasteiger partial charge in [0, 0.05) is 23.1 Å². The standard InChI is InChI=1S/C25H21Cl2N3O2/c1-32-20-11-8-18(9-12-20)22-16-24(28-25(31)14-7-17-5-3-2-4-6-17)30(29-22)23-15-19(26)10-13-21(23)27/h2-6,8-13,15-16H,7,14H2,1H3,(H,28,31). The van der Waals surface area contributed by atoms with Crippen LogP contribution in [0.1, 0.15) is 12.0 Å². The number of nitrogens with zero attached hydrogens (tertiary/aromatic N) is 2. The third-order valence-corrected chi connectivity index (χ3v) is 5.54. The van der Waals surface area contributed by atoms with Crippen molar-refractivity contribution in [1.29, 1.82) is 0 Å². The summed E-state index contributed by atoms with van der Waals surface area (Å²) in [5.74, 6) is 1.15. The lowest BCUT2D eigenvalue weighted by Gasteiger charge is -2.11. The van der Waals surface area contributed by atoms with E-state index in [1.54, 1.807) is 30.0 Å². The van der Waals surface area contributed by atoms with Gasteiger partial charge < -0.3 is 10.1 Å². The lowest BCUT2D eigenvalue weighted by atomic mass is 10.1. The predicted octanol–water partition coefficient (Wildman–Crippen LogP) is 6.43. The number of benzene rings is 3. The van der Waals surface area contributed by atoms with E-state index in [1.165, 1.54) is 0 Å². The molecule has 1 heterocycles. The van der Waals surface area contributed by atoms with Crippen LogP contribution in [0.2, 0.25) is 10.0 Å². The summed E-state index contributed by atoms with van der Waals surface area (Å²) in [5.41, 5.74) is 3.25. The molecule has 4 aromatic rings. The van der Waals surface area contributed by atoms with Crippen molar-refractivity contribution in [3.63, 3.8) is 0 Å². The summed E-state index contributed by atoms with van der Waals surface area (Å²) in [4.78, 5) is 12.7. The highest BCUT2D eigenvalue weighted by molar-refractivity contribution is 6.34. The van der Waals surface area contributed by atoms with Gasteiger partial charge in [-0.3, -0.25) is 4.79 Å². The highest BCUT2D eigenvalue weighted by atomic mass is 35.5. The highest BCUT2D eigenvalue weighted by Crippen LogP contribution is 2.31. The van der Waals surface area contributed by atoms with Gasteiger partial charge in [0.1, 0.15) is 11.6 Å². The van der Waals surface area contributed by atoms with Gasteiger partial charge >= 0.3 is 0 Å². The molecule has 0 atom stereocenters. The fourth-order valence-electron chi connectivity index (χ4n) is 3.31. The Morgan fingerprint density at radius 2 is 1.75 bits per heavy atom. The molecule has 3 aromatic carbocycles. The molecule has 1 N–H and O–H groups in total. The van der Waals surface area contributed by atoms with Crippen LogP contribution in [-0.4, -0.2) is 22.8 Å². The minimum Gasteiger partial charge on any atom is -0.497 e. The number of amides is 1. The molecule has 5 nitrogen and oxygen atoms in total. The quantitative estimate of drug-likeness (QED) is 0.342. The number of hydrogen-bond donors (Lipinski definition) is 1. The molecule has 162 valence electrons. The number of carbonyl (C=O) groups is 1. The second-order valence-electron chi connectivity index (χ2n) is 7.18. The zero-order chi connectivity index (χ0) is 22.5. The van der Waals surface area contributed by atoms with Crippen LogP contribution in [0.15, 0.2) is 78.9 Å². The van der Waals surface area contributed by atoms with E-state index in [1.807, 2.05) is 60.7 Å². The molecule has 0 unspecified atom stereocenters. The van der Waals surface area contributed by atoms with Gasteiger partial charge in [-0.25, -0.2) is 4.68 Å². The van der Waals surface area contributed by atoms with Gasteiger partial charge in [0.15, 0.2) is 0 Å². The Hall–Kier alpha value is -3.28. The van der Waals surface area contributed by atoms with Crippen molar-refractivity contribution in [3.05, 3.63) is 94.5 Å². The van der Waals surface area contributed by atoms with Crippen LogP contribution in [0.4, 0.5) is 5.82 Å². The van der Waals surface area contributed by atoms with Crippen molar-refractivity contribution in [2.75, 3.05) is 12.4 Å². The topological polar surface area (TPSA) is 56.1 Å². The number of halogens is 2. The summed E-state index contributed by atoms with van der Waals surface area (Å²) in [7, 11) is 1.62. The summed E-state index contributed by atoms with van der Waals surface area (Å²) in [6, 6.07) is 24.4. The summed E-state index contributed by atoms with van der Waals surface area (Å²) in [6.07, 6.45) is 0.987. The number of ether oxygens (including phenoxy) is 1. The van der Waals surface area contributed by atoms with Gasteiger partial charge in [0.05, 0.1) is 23.5 Å². The van der Waals surface area contributed by atoms with Crippen LogP contribution in [0, 0.1) is 0 Å². The number of carbonyl (C=O) groups excluding carboxylic acids is 1. The van der Waals surface area contributed by atoms with Crippen LogP contribution in [0.25, 0.3) is 16.9 Å². The first kappa shape index (κ1) is 21.9. The van der Waals surface area contributed by atoms with Crippen molar-refractivity contribution in [1.82, 2.24) is 9.78 Å². The number of methoxy groups -OCH3 is 1. The van der Waals surface area contributed by atoms with E-state index in [9.17, 15) is 4.79 Å². The first-order valence-corrected chi connectivity index (χ1v) is 10.8. The molecule has 0 aliphatic heterocycles. The molecule has 0 aliphatic carbocycles. The molecule has 1 amide bonds. The molecule has 0 radical (unpaired) electrons. The minimum atomic E-state index is -0.116. The van der Waals surface area contributed by atoms with Crippen molar-refractivity contribution in [2.45, 2.75) is 12.8 Å². The number of nitrogens with one attached hydrogen (secondary N) is 1. The summed E-state index contributed by atoms with van der Waals surface area (Å²) in [6.45, 7) is 0. The Balaban J connectivity index is 1.65. The maximum atomic E-state index is 12.7. The van der Waals surface area contributed by atoms with E-state index in [-0.39, 0.29) is 5.91 Å². The van der Waals surface area contributed by atoms with Crippen LogP contribution in [0.5, 0.6) is 5.75 Å². The SMILES string of the molecule is COc1ccc(-c2cc(NC(=O)CCc3ccccc3)n(-c3cc(Cl)ccc3Cl)n2)cc1. The molecule has 0 saturated carbocycles. The predicted molar refractivity (Wildman–Crippen MR) is 129 cm³/mol. The number of rotatable bonds is 7. The Labute approximate surface area is 196 Å². The average molecular weight is 466 g/mol. The van der Waals surface area contributed by atoms with E-state index < -0.39 is 0 Å². The molecule has 0 spiro atoms. The lowest BCUT2D eigenvalue weighted by molar-refractivity contribution is -0.116. The van der Waals surface area contributed by atoms with E-state index >= 15 is 0 Å². The van der Waals surface area contributed by atoms with Gasteiger partial charge in [-0.1, -0.05) is 53.5 Å². The number of aryl methyl sites for hydroxylation is 1. The van der Waals surface area contributed by atoms with Crippen molar-refractivity contribution in [3.8, 4) is 22.7 Å². The van der Waals surface area contributed by atoms with E-state index in [4.69, 9.17) is 33.0 Å². The Morgan fingerprint density at radius 3 is 2.47 bits per heavy atom. The van der Waals surface area contributed by atoms with Crippen molar-refractivity contribution >= 4 is 34.9 Å². The summed E-state index contributed by atoms with van der Waals surface area (Å²) >= 11 is 12.6. The fourth-order valence-corrected chi connectivity index (χ4v) is 3.68. The molecular weight excluding hydrogens is 445 g/mol. The molecular formula is C25H21Cl2N3O2. The van der Waals surface area contributed by atoms with Crippen LogP contribution in [-0.2, 0) is 11.2 Å². The summed E-state index contributed by atoms with van der Waals surface area (Å²) < 4.78 is 6.84. The van der Waals surface area contributed by atoms with Crippen molar-refractivity contribution in [2.24, 2.45) is 0 Å². The average Bonchev–Trinajstić information content (AvgIpc) is 3.23. The van der Waals surface area contributed by atoms with Crippen molar-refractivity contribution < 1.29 is 9.53 Å². The number of hydrogen-bond acceptors (Lipinski definition) is 3. The smallest absolute Gasteiger partial charge is 0.225 e. The third kappa shape index (κ3) is 5.13. The maximum absolute atomic E-state index is 12.7. The molecule has 1 aromatic heterocycles. The number of anilines is 1. The second kappa shape index (κ2) is 9.90. The zero-order valence-corrected chi connectivity index (χ0v) is 18.9. The van der Waals surface area contributed by atoms with Crippen LogP contribution in [0.3, 0.4) is 0 Å². The Bertz CT molecular complexity index is 1220. The lowest BCUT2D eigenvalue weighted by Crippen LogP contribution is -2.15. The van der Waals surface area contributed by atoms with Crippen LogP contribution >= 0.6 is 23.2 Å². The molecule has 0 fully saturated rings.